The van der Waals surface area contributed by atoms with E-state index in [0.29, 0.717) is 12.1 Å². The van der Waals surface area contributed by atoms with Crippen LogP contribution in [0.5, 0.6) is 0 Å². The lowest BCUT2D eigenvalue weighted by atomic mass is 9.95. The lowest BCUT2D eigenvalue weighted by Crippen LogP contribution is -2.31. The minimum atomic E-state index is -0.839. The Morgan fingerprint density at radius 2 is 1.81 bits per heavy atom. The molecule has 1 amide bonds. The van der Waals surface area contributed by atoms with E-state index in [-0.39, 0.29) is 17.3 Å². The van der Waals surface area contributed by atoms with Crippen LogP contribution in [-0.4, -0.2) is 32.5 Å². The van der Waals surface area contributed by atoms with Gasteiger partial charge < -0.3 is 14.8 Å². The summed E-state index contributed by atoms with van der Waals surface area (Å²) in [7, 11) is 3.25. The van der Waals surface area contributed by atoms with Crippen LogP contribution in [0, 0.1) is 0 Å². The standard InChI is InChI=1S/C21H29NO4/c1-5-7-11-21(25-3,26-4)16-9-10-17-15(13-16)14-18(19(17)23)20(24)22-12-8-6-2/h9-10,13-14H,5-8,11-12H2,1-4H3,(H,22,24). The number of ether oxygens (including phenoxy) is 2. The molecule has 0 atom stereocenters. The number of hydrogen-bond acceptors (Lipinski definition) is 4. The summed E-state index contributed by atoms with van der Waals surface area (Å²) in [6.07, 6.45) is 6.25. The first-order chi connectivity index (χ1) is 12.5. The summed E-state index contributed by atoms with van der Waals surface area (Å²) < 4.78 is 11.4. The number of methoxy groups -OCH3 is 2. The van der Waals surface area contributed by atoms with E-state index in [2.05, 4.69) is 19.2 Å². The Kier molecular flexibility index (Phi) is 7.12. The average molecular weight is 359 g/mol. The van der Waals surface area contributed by atoms with Crippen LogP contribution in [0.3, 0.4) is 0 Å². The zero-order chi connectivity index (χ0) is 19.2. The van der Waals surface area contributed by atoms with Gasteiger partial charge in [0.1, 0.15) is 0 Å². The predicted octanol–water partition coefficient (Wildman–Crippen LogP) is 3.82. The molecule has 0 saturated heterocycles. The maximum absolute atomic E-state index is 12.6. The first-order valence-electron chi connectivity index (χ1n) is 9.32. The van der Waals surface area contributed by atoms with Crippen LogP contribution in [0.2, 0.25) is 0 Å². The van der Waals surface area contributed by atoms with Crippen LogP contribution in [0.1, 0.15) is 67.4 Å². The molecule has 1 aliphatic rings. The topological polar surface area (TPSA) is 64.6 Å². The fourth-order valence-electron chi connectivity index (χ4n) is 3.21. The Balaban J connectivity index is 2.29. The summed E-state index contributed by atoms with van der Waals surface area (Å²) in [6, 6.07) is 5.50. The number of ketones is 1. The monoisotopic (exact) mass is 359 g/mol. The summed E-state index contributed by atoms with van der Waals surface area (Å²) in [4.78, 5) is 24.8. The maximum atomic E-state index is 12.6. The van der Waals surface area contributed by atoms with Crippen molar-refractivity contribution in [2.45, 2.75) is 51.7 Å². The third-order valence-electron chi connectivity index (χ3n) is 4.86. The van der Waals surface area contributed by atoms with Gasteiger partial charge in [-0.2, -0.15) is 0 Å². The second kappa shape index (κ2) is 9.10. The van der Waals surface area contributed by atoms with Crippen molar-refractivity contribution in [2.24, 2.45) is 0 Å². The van der Waals surface area contributed by atoms with Gasteiger partial charge in [-0.1, -0.05) is 32.8 Å². The van der Waals surface area contributed by atoms with Gasteiger partial charge in [-0.25, -0.2) is 0 Å². The van der Waals surface area contributed by atoms with Gasteiger partial charge in [0.25, 0.3) is 5.91 Å². The summed E-state index contributed by atoms with van der Waals surface area (Å²) in [6.45, 7) is 4.75. The fourth-order valence-corrected chi connectivity index (χ4v) is 3.21. The molecule has 26 heavy (non-hydrogen) atoms. The van der Waals surface area contributed by atoms with Crippen LogP contribution >= 0.6 is 0 Å². The van der Waals surface area contributed by atoms with Gasteiger partial charge >= 0.3 is 0 Å². The third kappa shape index (κ3) is 4.05. The molecule has 2 rings (SSSR count). The van der Waals surface area contributed by atoms with Gasteiger partial charge in [-0.15, -0.1) is 0 Å². The lowest BCUT2D eigenvalue weighted by Gasteiger charge is -2.31. The van der Waals surface area contributed by atoms with Gasteiger partial charge in [0.05, 0.1) is 5.57 Å². The Morgan fingerprint density at radius 1 is 1.12 bits per heavy atom. The largest absolute Gasteiger partial charge is 0.352 e. The molecule has 0 aliphatic heterocycles. The van der Waals surface area contributed by atoms with Crippen molar-refractivity contribution in [3.8, 4) is 0 Å². The van der Waals surface area contributed by atoms with Crippen LogP contribution in [-0.2, 0) is 20.1 Å². The highest BCUT2D eigenvalue weighted by Crippen LogP contribution is 2.35. The van der Waals surface area contributed by atoms with E-state index in [0.717, 1.165) is 43.2 Å². The van der Waals surface area contributed by atoms with Crippen molar-refractivity contribution in [1.29, 1.82) is 0 Å². The Hall–Kier alpha value is -1.98. The van der Waals surface area contributed by atoms with Crippen LogP contribution in [0.25, 0.3) is 6.08 Å². The fraction of sp³-hybridized carbons (Fsp3) is 0.524. The van der Waals surface area contributed by atoms with Gasteiger partial charge in [0.2, 0.25) is 0 Å². The molecule has 0 aromatic heterocycles. The molecule has 5 nitrogen and oxygen atoms in total. The first kappa shape index (κ1) is 20.3. The molecule has 1 N–H and O–H groups in total. The van der Waals surface area contributed by atoms with Crippen LogP contribution in [0.15, 0.2) is 23.8 Å². The SMILES string of the molecule is CCCCNC(=O)C1=Cc2cc(C(CCCC)(OC)OC)ccc2C1=O. The number of carbonyl (C=O) groups excluding carboxylic acids is 2. The van der Waals surface area contributed by atoms with Crippen molar-refractivity contribution in [2.75, 3.05) is 20.8 Å². The van der Waals surface area contributed by atoms with Gasteiger partial charge in [-0.3, -0.25) is 9.59 Å². The molecule has 0 bridgehead atoms. The first-order valence-corrected chi connectivity index (χ1v) is 9.32. The highest BCUT2D eigenvalue weighted by Gasteiger charge is 2.34. The molecule has 5 heteroatoms. The molecule has 0 spiro atoms. The number of Topliss-reactive ketones (excluding diaryl/α,β-unsaturated/α-hetero) is 1. The van der Waals surface area contributed by atoms with E-state index in [4.69, 9.17) is 9.47 Å². The minimum absolute atomic E-state index is 0.197. The molecule has 0 fully saturated rings. The number of nitrogens with one attached hydrogen (secondary N) is 1. The molecule has 0 saturated carbocycles. The number of carbonyl (C=O) groups is 2. The number of unbranched alkanes of at least 4 members (excludes halogenated alkanes) is 2. The molecule has 1 aromatic carbocycles. The lowest BCUT2D eigenvalue weighted by molar-refractivity contribution is -0.220. The second-order valence-electron chi connectivity index (χ2n) is 6.56. The third-order valence-corrected chi connectivity index (χ3v) is 4.86. The zero-order valence-electron chi connectivity index (χ0n) is 16.2. The summed E-state index contributed by atoms with van der Waals surface area (Å²) in [5.74, 6) is -1.37. The second-order valence-corrected chi connectivity index (χ2v) is 6.56. The number of rotatable bonds is 10. The van der Waals surface area contributed by atoms with Gasteiger partial charge in [0.15, 0.2) is 11.6 Å². The Morgan fingerprint density at radius 3 is 2.42 bits per heavy atom. The van der Waals surface area contributed by atoms with Crippen molar-refractivity contribution in [3.05, 3.63) is 40.5 Å². The van der Waals surface area contributed by atoms with Crippen LogP contribution < -0.4 is 5.32 Å². The molecule has 142 valence electrons. The zero-order valence-corrected chi connectivity index (χ0v) is 16.2. The number of hydrogen-bond donors (Lipinski definition) is 1. The predicted molar refractivity (Wildman–Crippen MR) is 102 cm³/mol. The molecule has 1 aliphatic carbocycles. The van der Waals surface area contributed by atoms with Crippen molar-refractivity contribution in [3.63, 3.8) is 0 Å². The smallest absolute Gasteiger partial charge is 0.255 e. The van der Waals surface area contributed by atoms with E-state index in [1.165, 1.54) is 0 Å². The highest BCUT2D eigenvalue weighted by atomic mass is 16.7. The van der Waals surface area contributed by atoms with Gasteiger partial charge in [0, 0.05) is 38.3 Å². The average Bonchev–Trinajstić information content (AvgIpc) is 2.99. The van der Waals surface area contributed by atoms with Crippen molar-refractivity contribution in [1.82, 2.24) is 5.32 Å². The molecular weight excluding hydrogens is 330 g/mol. The Labute approximate surface area is 155 Å². The molecular formula is C21H29NO4. The number of fused-ring (bicyclic) bond motifs is 1. The number of amides is 1. The highest BCUT2D eigenvalue weighted by molar-refractivity contribution is 6.32. The summed E-state index contributed by atoms with van der Waals surface area (Å²) in [5, 5.41) is 2.81. The molecule has 1 aromatic rings. The van der Waals surface area contributed by atoms with Crippen molar-refractivity contribution < 1.29 is 19.1 Å². The molecule has 0 unspecified atom stereocenters. The normalized spacial score (nSPS) is 13.5. The van der Waals surface area contributed by atoms with Crippen LogP contribution in [0.4, 0.5) is 0 Å². The van der Waals surface area contributed by atoms with E-state index >= 15 is 0 Å². The van der Waals surface area contributed by atoms with E-state index in [1.54, 1.807) is 26.4 Å². The molecule has 0 heterocycles. The van der Waals surface area contributed by atoms with Gasteiger partial charge in [-0.05, 0) is 36.6 Å². The summed E-state index contributed by atoms with van der Waals surface area (Å²) >= 11 is 0. The van der Waals surface area contributed by atoms with E-state index < -0.39 is 5.79 Å². The number of benzene rings is 1. The minimum Gasteiger partial charge on any atom is -0.352 e. The Bertz CT molecular complexity index is 689. The van der Waals surface area contributed by atoms with E-state index in [9.17, 15) is 9.59 Å². The maximum Gasteiger partial charge on any atom is 0.255 e. The summed E-state index contributed by atoms with van der Waals surface area (Å²) in [5.41, 5.74) is 2.34. The van der Waals surface area contributed by atoms with Crippen molar-refractivity contribution >= 4 is 17.8 Å². The van der Waals surface area contributed by atoms with E-state index in [1.807, 2.05) is 12.1 Å². The quantitative estimate of drug-likeness (QED) is 0.392. The molecule has 0 radical (unpaired) electrons.